The van der Waals surface area contributed by atoms with Crippen molar-refractivity contribution in [2.24, 2.45) is 0 Å². The van der Waals surface area contributed by atoms with Gasteiger partial charge in [-0.1, -0.05) is 24.3 Å². The van der Waals surface area contributed by atoms with Crippen molar-refractivity contribution in [2.75, 3.05) is 7.11 Å². The molecule has 0 heterocycles. The minimum absolute atomic E-state index is 0.0434. The van der Waals surface area contributed by atoms with Crippen molar-refractivity contribution in [1.29, 1.82) is 0 Å². The summed E-state index contributed by atoms with van der Waals surface area (Å²) in [6.45, 7) is 0.0434. The van der Waals surface area contributed by atoms with Gasteiger partial charge in [-0.3, -0.25) is 0 Å². The van der Waals surface area contributed by atoms with E-state index in [1.54, 1.807) is 43.5 Å². The van der Waals surface area contributed by atoms with Gasteiger partial charge in [0.25, 0.3) is 0 Å². The number of carboxylic acids is 1. The summed E-state index contributed by atoms with van der Waals surface area (Å²) in [5.74, 6) is 0.526. The summed E-state index contributed by atoms with van der Waals surface area (Å²) in [5.41, 5.74) is 0.789. The van der Waals surface area contributed by atoms with Gasteiger partial charge >= 0.3 is 5.97 Å². The van der Waals surface area contributed by atoms with Crippen LogP contribution in [0.25, 0.3) is 0 Å². The molecule has 0 aliphatic heterocycles. The second-order valence-electron chi connectivity index (χ2n) is 6.05. The van der Waals surface area contributed by atoms with Crippen LogP contribution in [0.4, 0.5) is 0 Å². The molecular weight excluding hydrogens is 394 g/mol. The van der Waals surface area contributed by atoms with Crippen LogP contribution in [0.5, 0.6) is 17.2 Å². The highest BCUT2D eigenvalue weighted by molar-refractivity contribution is 7.89. The summed E-state index contributed by atoms with van der Waals surface area (Å²) in [6, 6.07) is 19.1. The number of hydrogen-bond acceptors (Lipinski definition) is 5. The van der Waals surface area contributed by atoms with Crippen LogP contribution in [-0.4, -0.2) is 26.6 Å². The molecule has 0 amide bonds. The minimum atomic E-state index is -3.73. The Labute approximate surface area is 168 Å². The molecule has 0 unspecified atom stereocenters. The minimum Gasteiger partial charge on any atom is -0.493 e. The summed E-state index contributed by atoms with van der Waals surface area (Å²) in [7, 11) is -2.19. The summed E-state index contributed by atoms with van der Waals surface area (Å²) in [6.07, 6.45) is 0. The van der Waals surface area contributed by atoms with E-state index in [0.717, 1.165) is 0 Å². The van der Waals surface area contributed by atoms with Crippen molar-refractivity contribution in [2.45, 2.75) is 11.4 Å². The summed E-state index contributed by atoms with van der Waals surface area (Å²) < 4.78 is 38.4. The zero-order chi connectivity index (χ0) is 20.9. The average molecular weight is 413 g/mol. The molecule has 0 saturated carbocycles. The molecule has 2 N–H and O–H groups in total. The molecule has 0 saturated heterocycles. The lowest BCUT2D eigenvalue weighted by molar-refractivity contribution is 0.0697. The van der Waals surface area contributed by atoms with Gasteiger partial charge in [0, 0.05) is 6.54 Å². The van der Waals surface area contributed by atoms with Gasteiger partial charge in [-0.2, -0.15) is 0 Å². The maximum absolute atomic E-state index is 12.5. The number of sulfonamides is 1. The van der Waals surface area contributed by atoms with Gasteiger partial charge in [-0.05, 0) is 54.1 Å². The van der Waals surface area contributed by atoms with E-state index in [2.05, 4.69) is 4.72 Å². The van der Waals surface area contributed by atoms with E-state index in [9.17, 15) is 13.2 Å². The highest BCUT2D eigenvalue weighted by Gasteiger charge is 2.14. The molecule has 3 rings (SSSR count). The molecule has 0 radical (unpaired) electrons. The average Bonchev–Trinajstić information content (AvgIpc) is 2.73. The Bertz CT molecular complexity index is 1090. The van der Waals surface area contributed by atoms with Crippen molar-refractivity contribution in [3.63, 3.8) is 0 Å². The van der Waals surface area contributed by atoms with Crippen LogP contribution in [0, 0.1) is 0 Å². The molecule has 8 heteroatoms. The Balaban J connectivity index is 1.67. The predicted octanol–water partition coefficient (Wildman–Crippen LogP) is 3.66. The van der Waals surface area contributed by atoms with E-state index in [4.69, 9.17) is 14.6 Å². The lowest BCUT2D eigenvalue weighted by Crippen LogP contribution is -2.23. The normalized spacial score (nSPS) is 11.1. The van der Waals surface area contributed by atoms with E-state index in [1.165, 1.54) is 24.3 Å². The number of rotatable bonds is 8. The molecule has 0 atom stereocenters. The van der Waals surface area contributed by atoms with Crippen LogP contribution in [-0.2, 0) is 16.6 Å². The van der Waals surface area contributed by atoms with Crippen molar-refractivity contribution in [1.82, 2.24) is 4.72 Å². The van der Waals surface area contributed by atoms with E-state index >= 15 is 0 Å². The number of nitrogens with one attached hydrogen (secondary N) is 1. The van der Waals surface area contributed by atoms with Crippen molar-refractivity contribution in [3.8, 4) is 17.2 Å². The van der Waals surface area contributed by atoms with Gasteiger partial charge in [-0.15, -0.1) is 0 Å². The molecule has 0 spiro atoms. The number of methoxy groups -OCH3 is 1. The lowest BCUT2D eigenvalue weighted by Gasteiger charge is -2.11. The maximum Gasteiger partial charge on any atom is 0.335 e. The van der Waals surface area contributed by atoms with Gasteiger partial charge in [0.2, 0.25) is 10.0 Å². The molecule has 0 aromatic heterocycles. The topological polar surface area (TPSA) is 102 Å². The largest absolute Gasteiger partial charge is 0.493 e. The fourth-order valence-corrected chi connectivity index (χ4v) is 3.56. The third-order valence-corrected chi connectivity index (χ3v) is 5.52. The van der Waals surface area contributed by atoms with E-state index in [-0.39, 0.29) is 17.0 Å². The third-order valence-electron chi connectivity index (χ3n) is 4.10. The molecule has 7 nitrogen and oxygen atoms in total. The Morgan fingerprint density at radius 2 is 1.55 bits per heavy atom. The van der Waals surface area contributed by atoms with Crippen LogP contribution < -0.4 is 14.2 Å². The highest BCUT2D eigenvalue weighted by Crippen LogP contribution is 2.31. The fraction of sp³-hybridized carbons (Fsp3) is 0.0952. The fourth-order valence-electron chi connectivity index (χ4n) is 2.54. The first-order valence-corrected chi connectivity index (χ1v) is 10.1. The van der Waals surface area contributed by atoms with Crippen molar-refractivity contribution in [3.05, 3.63) is 83.9 Å². The molecule has 3 aromatic carbocycles. The Kier molecular flexibility index (Phi) is 6.16. The van der Waals surface area contributed by atoms with Crippen molar-refractivity contribution >= 4 is 16.0 Å². The molecule has 29 heavy (non-hydrogen) atoms. The second kappa shape index (κ2) is 8.76. The maximum atomic E-state index is 12.5. The first-order chi connectivity index (χ1) is 13.9. The van der Waals surface area contributed by atoms with Gasteiger partial charge in [0.1, 0.15) is 5.75 Å². The van der Waals surface area contributed by atoms with Crippen LogP contribution in [0.1, 0.15) is 15.9 Å². The first kappa shape index (κ1) is 20.4. The van der Waals surface area contributed by atoms with Crippen LogP contribution >= 0.6 is 0 Å². The Morgan fingerprint density at radius 3 is 2.14 bits per heavy atom. The molecule has 0 bridgehead atoms. The molecule has 150 valence electrons. The lowest BCUT2D eigenvalue weighted by atomic mass is 10.1. The Morgan fingerprint density at radius 1 is 0.931 bits per heavy atom. The van der Waals surface area contributed by atoms with E-state index in [0.29, 0.717) is 22.8 Å². The Hall–Kier alpha value is -3.36. The molecule has 0 fully saturated rings. The highest BCUT2D eigenvalue weighted by atomic mass is 32.2. The number of carbonyl (C=O) groups is 1. The van der Waals surface area contributed by atoms with Crippen LogP contribution in [0.2, 0.25) is 0 Å². The molecule has 0 aliphatic carbocycles. The first-order valence-electron chi connectivity index (χ1n) is 8.62. The van der Waals surface area contributed by atoms with Crippen molar-refractivity contribution < 1.29 is 27.8 Å². The number of ether oxygens (including phenoxy) is 2. The quantitative estimate of drug-likeness (QED) is 0.584. The molecular formula is C21H19NO6S. The zero-order valence-electron chi connectivity index (χ0n) is 15.5. The smallest absolute Gasteiger partial charge is 0.335 e. The van der Waals surface area contributed by atoms with E-state index < -0.39 is 16.0 Å². The number of aromatic carboxylic acids is 1. The summed E-state index contributed by atoms with van der Waals surface area (Å²) in [4.78, 5) is 11.0. The van der Waals surface area contributed by atoms with E-state index in [1.807, 2.05) is 12.1 Å². The summed E-state index contributed by atoms with van der Waals surface area (Å²) >= 11 is 0. The number of para-hydroxylation sites is 2. The van der Waals surface area contributed by atoms with Gasteiger partial charge in [-0.25, -0.2) is 17.9 Å². The van der Waals surface area contributed by atoms with Crippen LogP contribution in [0.15, 0.2) is 77.7 Å². The zero-order valence-corrected chi connectivity index (χ0v) is 16.3. The third kappa shape index (κ3) is 5.13. The summed E-state index contributed by atoms with van der Waals surface area (Å²) in [5, 5.41) is 8.90. The van der Waals surface area contributed by atoms with Gasteiger partial charge in [0.05, 0.1) is 17.6 Å². The number of benzene rings is 3. The van der Waals surface area contributed by atoms with Crippen LogP contribution in [0.3, 0.4) is 0 Å². The monoisotopic (exact) mass is 413 g/mol. The molecule has 3 aromatic rings. The molecule has 0 aliphatic rings. The standard InChI is InChI=1S/C21H19NO6S/c1-27-19-4-2-3-5-20(19)28-17-10-12-18(13-11-17)29(25,26)22-14-15-6-8-16(9-7-15)21(23)24/h2-13,22H,14H2,1H3,(H,23,24). The van der Waals surface area contributed by atoms with Gasteiger partial charge < -0.3 is 14.6 Å². The second-order valence-corrected chi connectivity index (χ2v) is 7.82. The number of hydrogen-bond donors (Lipinski definition) is 2. The predicted molar refractivity (Wildman–Crippen MR) is 107 cm³/mol. The SMILES string of the molecule is COc1ccccc1Oc1ccc(S(=O)(=O)NCc2ccc(C(=O)O)cc2)cc1. The van der Waals surface area contributed by atoms with Gasteiger partial charge in [0.15, 0.2) is 11.5 Å². The number of carboxylic acid groups (broad SMARTS) is 1.